The molecule has 0 bridgehead atoms. The average Bonchev–Trinajstić information content (AvgIpc) is 2.45. The Morgan fingerprint density at radius 1 is 1.15 bits per heavy atom. The van der Waals surface area contributed by atoms with Crippen molar-refractivity contribution >= 4 is 11.4 Å². The minimum absolute atomic E-state index is 0.307. The lowest BCUT2D eigenvalue weighted by atomic mass is 10.1. The molecule has 104 valence electrons. The minimum Gasteiger partial charge on any atom is -0.362 e. The van der Waals surface area contributed by atoms with E-state index in [1.165, 1.54) is 6.07 Å². The van der Waals surface area contributed by atoms with Gasteiger partial charge in [-0.15, -0.1) is 0 Å². The SMILES string of the molecule is CCN(Cc1ccccc1)c1cccc(F)c1[N+](=O)[O-]. The second-order valence-electron chi connectivity index (χ2n) is 4.36. The molecule has 4 nitrogen and oxygen atoms in total. The zero-order chi connectivity index (χ0) is 14.5. The van der Waals surface area contributed by atoms with Crippen LogP contribution < -0.4 is 4.90 Å². The first kappa shape index (κ1) is 14.0. The first-order chi connectivity index (χ1) is 9.63. The van der Waals surface area contributed by atoms with Gasteiger partial charge in [0.15, 0.2) is 0 Å². The topological polar surface area (TPSA) is 46.4 Å². The monoisotopic (exact) mass is 274 g/mol. The van der Waals surface area contributed by atoms with E-state index in [4.69, 9.17) is 0 Å². The van der Waals surface area contributed by atoms with E-state index < -0.39 is 16.4 Å². The smallest absolute Gasteiger partial charge is 0.327 e. The molecule has 0 amide bonds. The maximum atomic E-state index is 13.7. The van der Waals surface area contributed by atoms with Crippen molar-refractivity contribution in [3.05, 3.63) is 70.0 Å². The number of hydrogen-bond donors (Lipinski definition) is 0. The number of halogens is 1. The lowest BCUT2D eigenvalue weighted by Gasteiger charge is -2.23. The largest absolute Gasteiger partial charge is 0.362 e. The van der Waals surface area contributed by atoms with Gasteiger partial charge in [-0.3, -0.25) is 10.1 Å². The Balaban J connectivity index is 2.37. The van der Waals surface area contributed by atoms with Gasteiger partial charge in [0, 0.05) is 13.1 Å². The predicted octanol–water partition coefficient (Wildman–Crippen LogP) is 3.76. The molecule has 0 aliphatic heterocycles. The summed E-state index contributed by atoms with van der Waals surface area (Å²) in [5.74, 6) is -0.806. The first-order valence-corrected chi connectivity index (χ1v) is 6.35. The summed E-state index contributed by atoms with van der Waals surface area (Å²) in [6, 6.07) is 13.8. The molecule has 0 N–H and O–H groups in total. The molecule has 20 heavy (non-hydrogen) atoms. The lowest BCUT2D eigenvalue weighted by Crippen LogP contribution is -2.23. The third-order valence-corrected chi connectivity index (χ3v) is 3.09. The molecular weight excluding hydrogens is 259 g/mol. The van der Waals surface area contributed by atoms with Crippen LogP contribution in [-0.4, -0.2) is 11.5 Å². The third-order valence-electron chi connectivity index (χ3n) is 3.09. The summed E-state index contributed by atoms with van der Waals surface area (Å²) in [7, 11) is 0. The highest BCUT2D eigenvalue weighted by Crippen LogP contribution is 2.31. The number of nitrogens with zero attached hydrogens (tertiary/aromatic N) is 2. The lowest BCUT2D eigenvalue weighted by molar-refractivity contribution is -0.386. The summed E-state index contributed by atoms with van der Waals surface area (Å²) in [4.78, 5) is 12.2. The number of anilines is 1. The number of hydrogen-bond acceptors (Lipinski definition) is 3. The fourth-order valence-electron chi connectivity index (χ4n) is 2.11. The Labute approximate surface area is 116 Å². The van der Waals surface area contributed by atoms with Crippen molar-refractivity contribution in [2.45, 2.75) is 13.5 Å². The van der Waals surface area contributed by atoms with Crippen LogP contribution in [0.4, 0.5) is 15.8 Å². The summed E-state index contributed by atoms with van der Waals surface area (Å²) < 4.78 is 13.7. The van der Waals surface area contributed by atoms with Gasteiger partial charge in [0.1, 0.15) is 5.69 Å². The van der Waals surface area contributed by atoms with Gasteiger partial charge < -0.3 is 4.90 Å². The number of nitro benzene ring substituents is 1. The quantitative estimate of drug-likeness (QED) is 0.616. The molecule has 0 aromatic heterocycles. The van der Waals surface area contributed by atoms with Gasteiger partial charge in [0.2, 0.25) is 5.82 Å². The standard InChI is InChI=1S/C15H15FN2O2/c1-2-17(11-12-7-4-3-5-8-12)14-10-6-9-13(16)15(14)18(19)20/h3-10H,2,11H2,1H3. The highest BCUT2D eigenvalue weighted by Gasteiger charge is 2.23. The summed E-state index contributed by atoms with van der Waals surface area (Å²) in [6.45, 7) is 2.94. The molecule has 0 fully saturated rings. The van der Waals surface area contributed by atoms with Crippen molar-refractivity contribution in [1.82, 2.24) is 0 Å². The fraction of sp³-hybridized carbons (Fsp3) is 0.200. The van der Waals surface area contributed by atoms with Crippen LogP contribution in [-0.2, 0) is 6.54 Å². The van der Waals surface area contributed by atoms with Gasteiger partial charge in [-0.1, -0.05) is 36.4 Å². The van der Waals surface area contributed by atoms with E-state index in [0.29, 0.717) is 18.8 Å². The zero-order valence-corrected chi connectivity index (χ0v) is 11.1. The van der Waals surface area contributed by atoms with Crippen molar-refractivity contribution in [2.24, 2.45) is 0 Å². The fourth-order valence-corrected chi connectivity index (χ4v) is 2.11. The average molecular weight is 274 g/mol. The Hall–Kier alpha value is -2.43. The van der Waals surface area contributed by atoms with E-state index >= 15 is 0 Å². The first-order valence-electron chi connectivity index (χ1n) is 6.35. The van der Waals surface area contributed by atoms with Crippen LogP contribution in [0.5, 0.6) is 0 Å². The van der Waals surface area contributed by atoms with Gasteiger partial charge in [-0.25, -0.2) is 0 Å². The van der Waals surface area contributed by atoms with Gasteiger partial charge in [0.25, 0.3) is 0 Å². The van der Waals surface area contributed by atoms with E-state index in [9.17, 15) is 14.5 Å². The number of para-hydroxylation sites is 1. The van der Waals surface area contributed by atoms with Crippen molar-refractivity contribution in [3.63, 3.8) is 0 Å². The van der Waals surface area contributed by atoms with Crippen molar-refractivity contribution in [3.8, 4) is 0 Å². The molecule has 2 rings (SSSR count). The maximum absolute atomic E-state index is 13.7. The molecule has 2 aromatic carbocycles. The predicted molar refractivity (Wildman–Crippen MR) is 76.2 cm³/mol. The molecule has 2 aromatic rings. The van der Waals surface area contributed by atoms with Crippen LogP contribution in [0.25, 0.3) is 0 Å². The molecule has 0 heterocycles. The van der Waals surface area contributed by atoms with Crippen molar-refractivity contribution in [2.75, 3.05) is 11.4 Å². The summed E-state index contributed by atoms with van der Waals surface area (Å²) >= 11 is 0. The number of rotatable bonds is 5. The van der Waals surface area contributed by atoms with Gasteiger partial charge in [0.05, 0.1) is 4.92 Å². The molecule has 0 atom stereocenters. The van der Waals surface area contributed by atoms with Crippen molar-refractivity contribution < 1.29 is 9.31 Å². The number of benzene rings is 2. The van der Waals surface area contributed by atoms with Crippen LogP contribution >= 0.6 is 0 Å². The minimum atomic E-state index is -0.806. The summed E-state index contributed by atoms with van der Waals surface area (Å²) in [6.07, 6.45) is 0. The van der Waals surface area contributed by atoms with Crippen LogP contribution in [0.2, 0.25) is 0 Å². The van der Waals surface area contributed by atoms with Crippen LogP contribution in [0.3, 0.4) is 0 Å². The third kappa shape index (κ3) is 2.93. The molecule has 0 unspecified atom stereocenters. The molecular formula is C15H15FN2O2. The van der Waals surface area contributed by atoms with E-state index in [-0.39, 0.29) is 0 Å². The molecule has 0 radical (unpaired) electrons. The molecule has 0 aliphatic carbocycles. The second-order valence-corrected chi connectivity index (χ2v) is 4.36. The van der Waals surface area contributed by atoms with E-state index in [1.54, 1.807) is 11.0 Å². The Kier molecular flexibility index (Phi) is 4.30. The maximum Gasteiger partial charge on any atom is 0.327 e. The molecule has 5 heteroatoms. The van der Waals surface area contributed by atoms with Crippen LogP contribution in [0.15, 0.2) is 48.5 Å². The second kappa shape index (κ2) is 6.14. The van der Waals surface area contributed by atoms with E-state index in [1.807, 2.05) is 37.3 Å². The molecule has 0 saturated heterocycles. The molecule has 0 spiro atoms. The van der Waals surface area contributed by atoms with E-state index in [2.05, 4.69) is 0 Å². The van der Waals surface area contributed by atoms with E-state index in [0.717, 1.165) is 11.6 Å². The Morgan fingerprint density at radius 3 is 2.45 bits per heavy atom. The summed E-state index contributed by atoms with van der Waals surface area (Å²) in [5.41, 5.74) is 0.861. The molecule has 0 saturated carbocycles. The van der Waals surface area contributed by atoms with Gasteiger partial charge in [-0.2, -0.15) is 4.39 Å². The summed E-state index contributed by atoms with van der Waals surface area (Å²) in [5, 5.41) is 11.1. The Morgan fingerprint density at radius 2 is 1.85 bits per heavy atom. The van der Waals surface area contributed by atoms with Crippen LogP contribution in [0, 0.1) is 15.9 Å². The molecule has 0 aliphatic rings. The highest BCUT2D eigenvalue weighted by molar-refractivity contribution is 5.63. The highest BCUT2D eigenvalue weighted by atomic mass is 19.1. The van der Waals surface area contributed by atoms with Gasteiger partial charge >= 0.3 is 5.69 Å². The normalized spacial score (nSPS) is 10.3. The number of nitro groups is 1. The Bertz CT molecular complexity index is 602. The van der Waals surface area contributed by atoms with Crippen molar-refractivity contribution in [1.29, 1.82) is 0 Å². The zero-order valence-electron chi connectivity index (χ0n) is 11.1. The van der Waals surface area contributed by atoms with Crippen LogP contribution in [0.1, 0.15) is 12.5 Å². The van der Waals surface area contributed by atoms with Gasteiger partial charge in [-0.05, 0) is 24.6 Å².